The summed E-state index contributed by atoms with van der Waals surface area (Å²) >= 11 is 6.99. The minimum absolute atomic E-state index is 0.00552. The zero-order valence-electron chi connectivity index (χ0n) is 17.2. The van der Waals surface area contributed by atoms with Gasteiger partial charge in [0.15, 0.2) is 5.95 Å². The molecule has 0 aliphatic rings. The van der Waals surface area contributed by atoms with Crippen molar-refractivity contribution in [3.8, 4) is 28.8 Å². The summed E-state index contributed by atoms with van der Waals surface area (Å²) in [4.78, 5) is 18.2. The quantitative estimate of drug-likeness (QED) is 0.288. The second kappa shape index (κ2) is 8.15. The number of ketones is 1. The SMILES string of the molecule is N#Cc1c(N)nc2sc(C(=O)c3c([O-])on[n+]3-c3ccccc3)c(N)c2c1-c1ccc(Cl)cc1. The van der Waals surface area contributed by atoms with E-state index < -0.39 is 11.7 Å². The molecule has 2 aromatic carbocycles. The molecule has 0 unspecified atom stereocenters. The highest BCUT2D eigenvalue weighted by atomic mass is 35.5. The minimum atomic E-state index is -0.908. The van der Waals surface area contributed by atoms with E-state index in [1.165, 1.54) is 0 Å². The molecule has 4 N–H and O–H groups in total. The Labute approximate surface area is 201 Å². The maximum Gasteiger partial charge on any atom is 0.312 e. The number of aromatic nitrogens is 3. The third-order valence-electron chi connectivity index (χ3n) is 5.18. The summed E-state index contributed by atoms with van der Waals surface area (Å²) < 4.78 is 5.90. The van der Waals surface area contributed by atoms with Crippen LogP contribution in [-0.4, -0.2) is 16.0 Å². The average molecular weight is 489 g/mol. The van der Waals surface area contributed by atoms with Gasteiger partial charge in [0.25, 0.3) is 5.78 Å². The number of carbonyl (C=O) groups excluding carboxylic acids is 1. The molecule has 0 bridgehead atoms. The van der Waals surface area contributed by atoms with Crippen LogP contribution < -0.4 is 21.3 Å². The molecule has 0 spiro atoms. The third-order valence-corrected chi connectivity index (χ3v) is 6.53. The number of benzene rings is 2. The van der Waals surface area contributed by atoms with Crippen molar-refractivity contribution in [2.24, 2.45) is 0 Å². The summed E-state index contributed by atoms with van der Waals surface area (Å²) in [7, 11) is 0. The molecule has 34 heavy (non-hydrogen) atoms. The number of nitriles is 1. The Bertz CT molecular complexity index is 1620. The van der Waals surface area contributed by atoms with Crippen molar-refractivity contribution in [3.05, 3.63) is 75.8 Å². The highest BCUT2D eigenvalue weighted by molar-refractivity contribution is 7.21. The second-order valence-electron chi connectivity index (χ2n) is 7.18. The van der Waals surface area contributed by atoms with E-state index in [9.17, 15) is 15.2 Å². The molecule has 3 aromatic heterocycles. The van der Waals surface area contributed by atoms with Gasteiger partial charge in [-0.1, -0.05) is 41.9 Å². The highest BCUT2D eigenvalue weighted by Crippen LogP contribution is 2.43. The van der Waals surface area contributed by atoms with Crippen LogP contribution in [0.15, 0.2) is 59.1 Å². The van der Waals surface area contributed by atoms with Gasteiger partial charge in [-0.25, -0.2) is 4.98 Å². The van der Waals surface area contributed by atoms with E-state index in [2.05, 4.69) is 16.3 Å². The summed E-state index contributed by atoms with van der Waals surface area (Å²) in [5.74, 6) is -1.60. The number of para-hydroxylation sites is 1. The van der Waals surface area contributed by atoms with Crippen LogP contribution in [0.5, 0.6) is 5.95 Å². The molecular weight excluding hydrogens is 476 g/mol. The number of hydrogen-bond acceptors (Lipinski definition) is 9. The monoisotopic (exact) mass is 488 g/mol. The number of nitrogens with two attached hydrogens (primary N) is 2. The van der Waals surface area contributed by atoms with Crippen molar-refractivity contribution in [2.45, 2.75) is 0 Å². The van der Waals surface area contributed by atoms with Gasteiger partial charge >= 0.3 is 5.69 Å². The van der Waals surface area contributed by atoms with Crippen LogP contribution in [-0.2, 0) is 0 Å². The highest BCUT2D eigenvalue weighted by Gasteiger charge is 2.33. The zero-order chi connectivity index (χ0) is 24.0. The number of pyridine rings is 1. The van der Waals surface area contributed by atoms with E-state index in [0.29, 0.717) is 32.1 Å². The molecule has 0 saturated carbocycles. The van der Waals surface area contributed by atoms with E-state index in [4.69, 9.17) is 27.6 Å². The van der Waals surface area contributed by atoms with Crippen LogP contribution in [0.4, 0.5) is 11.5 Å². The first-order chi connectivity index (χ1) is 16.4. The Hall–Kier alpha value is -4.46. The lowest BCUT2D eigenvalue weighted by atomic mass is 9.97. The van der Waals surface area contributed by atoms with Crippen LogP contribution in [0.3, 0.4) is 0 Å². The smallest absolute Gasteiger partial charge is 0.312 e. The molecule has 0 aliphatic heterocycles. The van der Waals surface area contributed by atoms with Crippen molar-refractivity contribution < 1.29 is 19.1 Å². The Morgan fingerprint density at radius 2 is 1.85 bits per heavy atom. The lowest BCUT2D eigenvalue weighted by molar-refractivity contribution is -0.672. The average Bonchev–Trinajstić information content (AvgIpc) is 3.38. The Balaban J connectivity index is 1.75. The first-order valence-electron chi connectivity index (χ1n) is 9.77. The molecule has 0 amide bonds. The van der Waals surface area contributed by atoms with Crippen molar-refractivity contribution in [1.82, 2.24) is 10.3 Å². The fourth-order valence-corrected chi connectivity index (χ4v) is 4.83. The lowest BCUT2D eigenvalue weighted by Crippen LogP contribution is -2.39. The van der Waals surface area contributed by atoms with Gasteiger partial charge in [-0.15, -0.1) is 11.3 Å². The number of hydrogen-bond donors (Lipinski definition) is 2. The van der Waals surface area contributed by atoms with Gasteiger partial charge in [0.05, 0.1) is 11.0 Å². The maximum atomic E-state index is 13.5. The predicted molar refractivity (Wildman–Crippen MR) is 125 cm³/mol. The molecule has 166 valence electrons. The second-order valence-corrected chi connectivity index (χ2v) is 8.61. The summed E-state index contributed by atoms with van der Waals surface area (Å²) in [6.45, 7) is 0. The van der Waals surface area contributed by atoms with Crippen molar-refractivity contribution >= 4 is 50.4 Å². The van der Waals surface area contributed by atoms with Crippen LogP contribution in [0.1, 0.15) is 20.9 Å². The van der Waals surface area contributed by atoms with Crippen molar-refractivity contribution in [3.63, 3.8) is 0 Å². The van der Waals surface area contributed by atoms with E-state index in [0.717, 1.165) is 16.0 Å². The van der Waals surface area contributed by atoms with Crippen molar-refractivity contribution in [1.29, 1.82) is 5.26 Å². The topological polar surface area (TPSA) is 159 Å². The number of halogens is 1. The van der Waals surface area contributed by atoms with E-state index in [1.807, 2.05) is 0 Å². The number of nitrogen functional groups attached to an aromatic ring is 2. The summed E-state index contributed by atoms with van der Waals surface area (Å²) in [5, 5.41) is 26.8. The number of fused-ring (bicyclic) bond motifs is 1. The van der Waals surface area contributed by atoms with Gasteiger partial charge in [-0.05, 0) is 22.4 Å². The van der Waals surface area contributed by atoms with Gasteiger partial charge in [0.1, 0.15) is 27.2 Å². The number of carbonyl (C=O) groups is 1. The van der Waals surface area contributed by atoms with Gasteiger partial charge in [-0.2, -0.15) is 5.26 Å². The standard InChI is InChI=1S/C23H13ClN6O3S/c24-12-8-6-11(7-9-12)15-14(10-25)21(27)28-22-16(15)17(26)20(34-22)19(31)18-23(32)33-29-30(18)13-4-2-1-3-5-13/h1-9H,(H4-,26,27,28,29,31,32). The molecule has 0 radical (unpaired) electrons. The van der Waals surface area contributed by atoms with Crippen LogP contribution in [0, 0.1) is 11.3 Å². The summed E-state index contributed by atoms with van der Waals surface area (Å²) in [6.07, 6.45) is 0. The Morgan fingerprint density at radius 1 is 1.15 bits per heavy atom. The minimum Gasteiger partial charge on any atom is -0.539 e. The third kappa shape index (κ3) is 3.31. The fraction of sp³-hybridized carbons (Fsp3) is 0. The maximum absolute atomic E-state index is 13.5. The van der Waals surface area contributed by atoms with Crippen LogP contribution in [0.25, 0.3) is 27.0 Å². The van der Waals surface area contributed by atoms with Gasteiger partial charge < -0.3 is 21.1 Å². The van der Waals surface area contributed by atoms with Crippen molar-refractivity contribution in [2.75, 3.05) is 11.5 Å². The predicted octanol–water partition coefficient (Wildman–Crippen LogP) is 3.22. The van der Waals surface area contributed by atoms with Gasteiger partial charge in [-0.3, -0.25) is 4.79 Å². The molecule has 0 aliphatic carbocycles. The fourth-order valence-electron chi connectivity index (χ4n) is 3.65. The van der Waals surface area contributed by atoms with Gasteiger partial charge in [0.2, 0.25) is 5.69 Å². The number of anilines is 2. The van der Waals surface area contributed by atoms with E-state index >= 15 is 0 Å². The molecular formula is C23H13ClN6O3S. The number of thiophene rings is 1. The molecule has 5 aromatic rings. The molecule has 0 saturated heterocycles. The normalized spacial score (nSPS) is 10.9. The Morgan fingerprint density at radius 3 is 2.53 bits per heavy atom. The summed E-state index contributed by atoms with van der Waals surface area (Å²) in [6, 6.07) is 17.4. The molecule has 11 heteroatoms. The molecule has 0 fully saturated rings. The molecule has 9 nitrogen and oxygen atoms in total. The first kappa shape index (κ1) is 21.4. The van der Waals surface area contributed by atoms with Gasteiger partial charge in [0, 0.05) is 28.1 Å². The molecule has 3 heterocycles. The first-order valence-corrected chi connectivity index (χ1v) is 11.0. The summed E-state index contributed by atoms with van der Waals surface area (Å²) in [5.41, 5.74) is 13.9. The molecule has 0 atom stereocenters. The number of rotatable bonds is 4. The van der Waals surface area contributed by atoms with Crippen LogP contribution in [0.2, 0.25) is 5.02 Å². The zero-order valence-corrected chi connectivity index (χ0v) is 18.7. The van der Waals surface area contributed by atoms with E-state index in [1.54, 1.807) is 54.6 Å². The number of nitrogens with zero attached hydrogens (tertiary/aromatic N) is 4. The van der Waals surface area contributed by atoms with E-state index in [-0.39, 0.29) is 27.6 Å². The lowest BCUT2D eigenvalue weighted by Gasteiger charge is -2.09. The largest absolute Gasteiger partial charge is 0.539 e. The molecule has 5 rings (SSSR count). The Kier molecular flexibility index (Phi) is 5.13. The van der Waals surface area contributed by atoms with Crippen LogP contribution >= 0.6 is 22.9 Å².